The summed E-state index contributed by atoms with van der Waals surface area (Å²) in [6, 6.07) is 8.24. The molecule has 1 saturated heterocycles. The van der Waals surface area contributed by atoms with Crippen molar-refractivity contribution < 1.29 is 13.7 Å². The fourth-order valence-electron chi connectivity index (χ4n) is 2.72. The zero-order valence-electron chi connectivity index (χ0n) is 14.5. The van der Waals surface area contributed by atoms with Crippen molar-refractivity contribution in [3.8, 4) is 5.75 Å². The number of benzene rings is 1. The molecule has 1 aliphatic rings. The first-order valence-electron chi connectivity index (χ1n) is 8.73. The minimum Gasteiger partial charge on any atom is -0.494 e. The molecule has 0 saturated carbocycles. The van der Waals surface area contributed by atoms with E-state index in [4.69, 9.17) is 4.74 Å². The summed E-state index contributed by atoms with van der Waals surface area (Å²) in [4.78, 5) is 14.0. The molecule has 134 valence electrons. The van der Waals surface area contributed by atoms with E-state index in [1.54, 1.807) is 0 Å². The summed E-state index contributed by atoms with van der Waals surface area (Å²) in [6.07, 6.45) is 3.34. The van der Waals surface area contributed by atoms with Gasteiger partial charge in [0.15, 0.2) is 0 Å². The smallest absolute Gasteiger partial charge is 0.232 e. The average molecular weight is 353 g/mol. The van der Waals surface area contributed by atoms with Crippen LogP contribution in [0.4, 0.5) is 0 Å². The molecule has 2 rings (SSSR count). The third-order valence-electron chi connectivity index (χ3n) is 4.03. The molecule has 5 nitrogen and oxygen atoms in total. The molecule has 1 aromatic rings. The standard InChI is InChI=1S/C18H28N2O3S/c1-2-24(22)15-18(21)19-9-6-12-23-17-8-5-7-16(13-17)14-20-10-3-4-11-20/h5,7-8,13H,2-4,6,9-12,14-15H2,1H3,(H,19,21). The maximum atomic E-state index is 11.5. The average Bonchev–Trinajstić information content (AvgIpc) is 3.07. The van der Waals surface area contributed by atoms with E-state index in [0.717, 1.165) is 18.7 Å². The minimum absolute atomic E-state index is 0.0932. The number of likely N-dealkylation sites (tertiary alicyclic amines) is 1. The number of amides is 1. The first-order valence-corrected chi connectivity index (χ1v) is 10.2. The molecule has 1 aliphatic heterocycles. The van der Waals surface area contributed by atoms with Crippen LogP contribution in [-0.4, -0.2) is 52.8 Å². The SMILES string of the molecule is CCS(=O)CC(=O)NCCCOc1cccc(CN2CCCC2)c1. The molecule has 1 fully saturated rings. The number of nitrogens with one attached hydrogen (secondary N) is 1. The van der Waals surface area contributed by atoms with E-state index in [0.29, 0.717) is 18.9 Å². The molecule has 0 aliphatic carbocycles. The van der Waals surface area contributed by atoms with E-state index in [1.807, 2.05) is 19.1 Å². The largest absolute Gasteiger partial charge is 0.494 e. The summed E-state index contributed by atoms with van der Waals surface area (Å²) < 4.78 is 17.0. The lowest BCUT2D eigenvalue weighted by Crippen LogP contribution is -2.30. The van der Waals surface area contributed by atoms with Crippen LogP contribution in [0.1, 0.15) is 31.7 Å². The lowest BCUT2D eigenvalue weighted by molar-refractivity contribution is -0.118. The summed E-state index contributed by atoms with van der Waals surface area (Å²) >= 11 is 0. The van der Waals surface area contributed by atoms with Crippen molar-refractivity contribution in [3.05, 3.63) is 29.8 Å². The third-order valence-corrected chi connectivity index (χ3v) is 5.26. The molecule has 0 spiro atoms. The summed E-state index contributed by atoms with van der Waals surface area (Å²) in [6.45, 7) is 6.29. The molecule has 24 heavy (non-hydrogen) atoms. The second-order valence-corrected chi connectivity index (χ2v) is 7.80. The van der Waals surface area contributed by atoms with Crippen LogP contribution < -0.4 is 10.1 Å². The van der Waals surface area contributed by atoms with Crippen molar-refractivity contribution in [1.82, 2.24) is 10.2 Å². The Kier molecular flexibility index (Phi) is 8.25. The molecule has 1 atom stereocenters. The predicted octanol–water partition coefficient (Wildman–Crippen LogP) is 1.94. The van der Waals surface area contributed by atoms with Crippen LogP contribution in [0.2, 0.25) is 0 Å². The van der Waals surface area contributed by atoms with Gasteiger partial charge in [0.05, 0.1) is 6.61 Å². The van der Waals surface area contributed by atoms with E-state index in [2.05, 4.69) is 22.3 Å². The summed E-state index contributed by atoms with van der Waals surface area (Å²) in [5, 5.41) is 2.78. The molecule has 1 unspecified atom stereocenters. The topological polar surface area (TPSA) is 58.6 Å². The Hall–Kier alpha value is -1.40. The third kappa shape index (κ3) is 7.01. The highest BCUT2D eigenvalue weighted by Crippen LogP contribution is 2.17. The Labute approximate surface area is 147 Å². The van der Waals surface area contributed by atoms with Crippen LogP contribution >= 0.6 is 0 Å². The number of nitrogens with zero attached hydrogens (tertiary/aromatic N) is 1. The fourth-order valence-corrected chi connectivity index (χ4v) is 3.32. The van der Waals surface area contributed by atoms with Crippen molar-refractivity contribution >= 4 is 16.7 Å². The molecule has 0 bridgehead atoms. The van der Waals surface area contributed by atoms with Crippen molar-refractivity contribution in [1.29, 1.82) is 0 Å². The van der Waals surface area contributed by atoms with Gasteiger partial charge in [-0.25, -0.2) is 0 Å². The Morgan fingerprint density at radius 1 is 1.33 bits per heavy atom. The lowest BCUT2D eigenvalue weighted by Gasteiger charge is -2.15. The van der Waals surface area contributed by atoms with Gasteiger partial charge in [-0.2, -0.15) is 0 Å². The van der Waals surface area contributed by atoms with Crippen LogP contribution in [0.15, 0.2) is 24.3 Å². The Bertz CT molecular complexity index is 545. The van der Waals surface area contributed by atoms with E-state index in [9.17, 15) is 9.00 Å². The van der Waals surface area contributed by atoms with Crippen molar-refractivity contribution in [2.45, 2.75) is 32.7 Å². The van der Waals surface area contributed by atoms with Gasteiger partial charge >= 0.3 is 0 Å². The number of hydrogen-bond donors (Lipinski definition) is 1. The van der Waals surface area contributed by atoms with Gasteiger partial charge in [-0.1, -0.05) is 19.1 Å². The number of hydrogen-bond acceptors (Lipinski definition) is 4. The molecule has 0 radical (unpaired) electrons. The second-order valence-electron chi connectivity index (χ2n) is 6.06. The minimum atomic E-state index is -1.05. The highest BCUT2D eigenvalue weighted by Gasteiger charge is 2.11. The monoisotopic (exact) mass is 352 g/mol. The van der Waals surface area contributed by atoms with Gasteiger partial charge in [0, 0.05) is 29.6 Å². The highest BCUT2D eigenvalue weighted by atomic mass is 32.2. The second kappa shape index (κ2) is 10.5. The van der Waals surface area contributed by atoms with Crippen LogP contribution in [0.5, 0.6) is 5.75 Å². The maximum absolute atomic E-state index is 11.5. The lowest BCUT2D eigenvalue weighted by atomic mass is 10.2. The molecule has 1 N–H and O–H groups in total. The maximum Gasteiger partial charge on any atom is 0.232 e. The molecule has 0 aromatic heterocycles. The summed E-state index contributed by atoms with van der Waals surface area (Å²) in [5.41, 5.74) is 1.28. The van der Waals surface area contributed by atoms with Gasteiger partial charge in [0.1, 0.15) is 11.5 Å². The molecule has 1 heterocycles. The van der Waals surface area contributed by atoms with Gasteiger partial charge in [0.2, 0.25) is 5.91 Å². The number of ether oxygens (including phenoxy) is 1. The molecule has 6 heteroatoms. The molecule has 1 aromatic carbocycles. The van der Waals surface area contributed by atoms with Gasteiger partial charge in [0.25, 0.3) is 0 Å². The van der Waals surface area contributed by atoms with Crippen molar-refractivity contribution in [2.24, 2.45) is 0 Å². The predicted molar refractivity (Wildman–Crippen MR) is 97.6 cm³/mol. The highest BCUT2D eigenvalue weighted by molar-refractivity contribution is 7.85. The quantitative estimate of drug-likeness (QED) is 0.654. The summed E-state index contributed by atoms with van der Waals surface area (Å²) in [7, 11) is -1.05. The first kappa shape index (κ1) is 18.9. The number of carbonyl (C=O) groups is 1. The van der Waals surface area contributed by atoms with Gasteiger partial charge < -0.3 is 10.1 Å². The van der Waals surface area contributed by atoms with E-state index >= 15 is 0 Å². The number of rotatable bonds is 10. The zero-order chi connectivity index (χ0) is 17.2. The fraction of sp³-hybridized carbons (Fsp3) is 0.611. The molecular formula is C18H28N2O3S. The number of carbonyl (C=O) groups excluding carboxylic acids is 1. The van der Waals surface area contributed by atoms with Gasteiger partial charge in [-0.05, 0) is 50.0 Å². The van der Waals surface area contributed by atoms with E-state index in [1.165, 1.54) is 31.5 Å². The van der Waals surface area contributed by atoms with E-state index < -0.39 is 10.8 Å². The molecular weight excluding hydrogens is 324 g/mol. The van der Waals surface area contributed by atoms with Crippen LogP contribution in [0, 0.1) is 0 Å². The zero-order valence-corrected chi connectivity index (χ0v) is 15.3. The summed E-state index contributed by atoms with van der Waals surface area (Å²) in [5.74, 6) is 1.34. The normalized spacial score (nSPS) is 16.0. The first-order chi connectivity index (χ1) is 11.7. The Morgan fingerprint density at radius 3 is 2.88 bits per heavy atom. The van der Waals surface area contributed by atoms with Crippen molar-refractivity contribution in [2.75, 3.05) is 37.7 Å². The Balaban J connectivity index is 1.63. The van der Waals surface area contributed by atoms with E-state index in [-0.39, 0.29) is 11.7 Å². The van der Waals surface area contributed by atoms with Gasteiger partial charge in [-0.3, -0.25) is 13.9 Å². The molecule has 1 amide bonds. The van der Waals surface area contributed by atoms with Crippen LogP contribution in [0.3, 0.4) is 0 Å². The van der Waals surface area contributed by atoms with Crippen LogP contribution in [-0.2, 0) is 22.1 Å². The van der Waals surface area contributed by atoms with Gasteiger partial charge in [-0.15, -0.1) is 0 Å². The Morgan fingerprint density at radius 2 is 2.12 bits per heavy atom. The van der Waals surface area contributed by atoms with Crippen molar-refractivity contribution in [3.63, 3.8) is 0 Å². The van der Waals surface area contributed by atoms with Crippen LogP contribution in [0.25, 0.3) is 0 Å².